The molecule has 8 heteroatoms. The Labute approximate surface area is 155 Å². The Balaban J connectivity index is 1.56. The zero-order valence-electron chi connectivity index (χ0n) is 15.0. The molecule has 8 nitrogen and oxygen atoms in total. The second-order valence-electron chi connectivity index (χ2n) is 6.67. The van der Waals surface area contributed by atoms with Crippen LogP contribution in [0.15, 0.2) is 41.3 Å². The summed E-state index contributed by atoms with van der Waals surface area (Å²) in [5, 5.41) is 4.55. The van der Waals surface area contributed by atoms with Crippen LogP contribution in [0.25, 0.3) is 28.6 Å². The van der Waals surface area contributed by atoms with E-state index in [1.165, 1.54) is 19.3 Å². The van der Waals surface area contributed by atoms with Crippen molar-refractivity contribution in [2.24, 2.45) is 0 Å². The maximum atomic E-state index is 5.39. The molecule has 0 saturated carbocycles. The van der Waals surface area contributed by atoms with Gasteiger partial charge >= 0.3 is 0 Å². The van der Waals surface area contributed by atoms with E-state index >= 15 is 0 Å². The Morgan fingerprint density at radius 1 is 1.04 bits per heavy atom. The monoisotopic (exact) mass is 361 g/mol. The van der Waals surface area contributed by atoms with Crippen molar-refractivity contribution >= 4 is 11.7 Å². The maximum absolute atomic E-state index is 5.39. The van der Waals surface area contributed by atoms with Gasteiger partial charge in [0.1, 0.15) is 0 Å². The summed E-state index contributed by atoms with van der Waals surface area (Å²) in [5.74, 6) is 2.45. The SMILES string of the molecule is Cc1c(-c2ccnc(N3CCCCC3)n2)cnc2nc(-c3ccco3)nn12. The Bertz CT molecular complexity index is 1080. The van der Waals surface area contributed by atoms with Crippen LogP contribution in [0.1, 0.15) is 25.0 Å². The van der Waals surface area contributed by atoms with Crippen molar-refractivity contribution < 1.29 is 4.42 Å². The average molecular weight is 361 g/mol. The third-order valence-corrected chi connectivity index (χ3v) is 4.91. The molecule has 1 fully saturated rings. The van der Waals surface area contributed by atoms with Crippen LogP contribution in [0.3, 0.4) is 0 Å². The van der Waals surface area contributed by atoms with Gasteiger partial charge in [-0.25, -0.2) is 19.5 Å². The number of hydrogen-bond acceptors (Lipinski definition) is 7. The molecule has 4 aromatic rings. The van der Waals surface area contributed by atoms with Crippen molar-refractivity contribution in [3.63, 3.8) is 0 Å². The molecule has 4 aromatic heterocycles. The Morgan fingerprint density at radius 2 is 1.93 bits per heavy atom. The van der Waals surface area contributed by atoms with Gasteiger partial charge in [-0.15, -0.1) is 5.10 Å². The van der Waals surface area contributed by atoms with Crippen LogP contribution in [-0.4, -0.2) is 42.6 Å². The third-order valence-electron chi connectivity index (χ3n) is 4.91. The molecule has 5 heterocycles. The van der Waals surface area contributed by atoms with E-state index in [9.17, 15) is 0 Å². The summed E-state index contributed by atoms with van der Waals surface area (Å²) < 4.78 is 7.13. The molecule has 0 N–H and O–H groups in total. The molecule has 136 valence electrons. The first-order chi connectivity index (χ1) is 13.3. The lowest BCUT2D eigenvalue weighted by Gasteiger charge is -2.26. The predicted octanol–water partition coefficient (Wildman–Crippen LogP) is 3.14. The first kappa shape index (κ1) is 15.9. The molecule has 0 amide bonds. The van der Waals surface area contributed by atoms with Crippen molar-refractivity contribution in [1.29, 1.82) is 0 Å². The van der Waals surface area contributed by atoms with Crippen LogP contribution in [0, 0.1) is 6.92 Å². The van der Waals surface area contributed by atoms with Gasteiger partial charge in [0, 0.05) is 31.0 Å². The van der Waals surface area contributed by atoms with Crippen LogP contribution in [-0.2, 0) is 0 Å². The lowest BCUT2D eigenvalue weighted by Crippen LogP contribution is -2.31. The predicted molar refractivity (Wildman–Crippen MR) is 100 cm³/mol. The largest absolute Gasteiger partial charge is 0.461 e. The van der Waals surface area contributed by atoms with Crippen molar-refractivity contribution in [2.75, 3.05) is 18.0 Å². The van der Waals surface area contributed by atoms with Gasteiger partial charge in [-0.3, -0.25) is 0 Å². The lowest BCUT2D eigenvalue weighted by molar-refractivity contribution is 0.568. The van der Waals surface area contributed by atoms with Gasteiger partial charge in [-0.05, 0) is 44.4 Å². The average Bonchev–Trinajstić information content (AvgIpc) is 3.39. The smallest absolute Gasteiger partial charge is 0.253 e. The van der Waals surface area contributed by atoms with Crippen LogP contribution in [0.4, 0.5) is 5.95 Å². The number of hydrogen-bond donors (Lipinski definition) is 0. The van der Waals surface area contributed by atoms with E-state index in [-0.39, 0.29) is 0 Å². The number of fused-ring (bicyclic) bond motifs is 1. The molecule has 0 spiro atoms. The summed E-state index contributed by atoms with van der Waals surface area (Å²) in [7, 11) is 0. The summed E-state index contributed by atoms with van der Waals surface area (Å²) in [4.78, 5) is 20.4. The van der Waals surface area contributed by atoms with Gasteiger partial charge in [-0.1, -0.05) is 0 Å². The van der Waals surface area contributed by atoms with Gasteiger partial charge < -0.3 is 9.32 Å². The number of aryl methyl sites for hydroxylation is 1. The first-order valence-corrected chi connectivity index (χ1v) is 9.14. The molecule has 0 radical (unpaired) electrons. The molecule has 1 aliphatic heterocycles. The van der Waals surface area contributed by atoms with E-state index in [0.717, 1.165) is 36.0 Å². The molecule has 0 unspecified atom stereocenters. The number of rotatable bonds is 3. The highest BCUT2D eigenvalue weighted by Gasteiger charge is 2.17. The highest BCUT2D eigenvalue weighted by atomic mass is 16.3. The van der Waals surface area contributed by atoms with Crippen LogP contribution in [0.5, 0.6) is 0 Å². The number of furan rings is 1. The fourth-order valence-corrected chi connectivity index (χ4v) is 3.45. The van der Waals surface area contributed by atoms with Gasteiger partial charge in [0.15, 0.2) is 5.76 Å². The highest BCUT2D eigenvalue weighted by Crippen LogP contribution is 2.25. The standard InChI is InChI=1S/C19H19N7O/c1-13-14(15-7-8-20-18(22-15)25-9-3-2-4-10-25)12-21-19-23-17(24-26(13)19)16-6-5-11-27-16/h5-8,11-12H,2-4,9-10H2,1H3. The fraction of sp³-hybridized carbons (Fsp3) is 0.316. The minimum absolute atomic E-state index is 0.518. The molecular weight excluding hydrogens is 342 g/mol. The second kappa shape index (κ2) is 6.46. The number of nitrogens with zero attached hydrogens (tertiary/aromatic N) is 7. The third kappa shape index (κ3) is 2.83. The van der Waals surface area contributed by atoms with E-state index in [1.807, 2.05) is 31.3 Å². The van der Waals surface area contributed by atoms with Crippen LogP contribution < -0.4 is 4.90 Å². The second-order valence-corrected chi connectivity index (χ2v) is 6.67. The number of anilines is 1. The van der Waals surface area contributed by atoms with Crippen LogP contribution >= 0.6 is 0 Å². The number of piperidine rings is 1. The quantitative estimate of drug-likeness (QED) is 0.554. The highest BCUT2D eigenvalue weighted by molar-refractivity contribution is 5.64. The van der Waals surface area contributed by atoms with Gasteiger partial charge in [-0.2, -0.15) is 4.98 Å². The van der Waals surface area contributed by atoms with E-state index in [0.29, 0.717) is 17.4 Å². The summed E-state index contributed by atoms with van der Waals surface area (Å²) in [6, 6.07) is 5.56. The van der Waals surface area contributed by atoms with Crippen molar-refractivity contribution in [2.45, 2.75) is 26.2 Å². The van der Waals surface area contributed by atoms with E-state index in [2.05, 4.69) is 25.0 Å². The van der Waals surface area contributed by atoms with Crippen molar-refractivity contribution in [3.8, 4) is 22.8 Å². The Kier molecular flexibility index (Phi) is 3.81. The molecule has 0 atom stereocenters. The minimum Gasteiger partial charge on any atom is -0.461 e. The molecule has 1 saturated heterocycles. The van der Waals surface area contributed by atoms with E-state index in [4.69, 9.17) is 9.40 Å². The fourth-order valence-electron chi connectivity index (χ4n) is 3.45. The molecule has 0 bridgehead atoms. The first-order valence-electron chi connectivity index (χ1n) is 9.14. The van der Waals surface area contributed by atoms with Gasteiger partial charge in [0.2, 0.25) is 11.8 Å². The molecule has 0 aliphatic carbocycles. The Morgan fingerprint density at radius 3 is 2.74 bits per heavy atom. The summed E-state index contributed by atoms with van der Waals surface area (Å²) in [6.45, 7) is 4.01. The molecule has 0 aromatic carbocycles. The summed E-state index contributed by atoms with van der Waals surface area (Å²) in [6.07, 6.45) is 8.87. The van der Waals surface area contributed by atoms with E-state index < -0.39 is 0 Å². The summed E-state index contributed by atoms with van der Waals surface area (Å²) >= 11 is 0. The van der Waals surface area contributed by atoms with E-state index in [1.54, 1.807) is 17.0 Å². The Hall–Kier alpha value is -3.29. The minimum atomic E-state index is 0.518. The maximum Gasteiger partial charge on any atom is 0.253 e. The zero-order valence-corrected chi connectivity index (χ0v) is 15.0. The topological polar surface area (TPSA) is 85.2 Å². The molecule has 1 aliphatic rings. The number of aromatic nitrogens is 6. The zero-order chi connectivity index (χ0) is 18.2. The van der Waals surface area contributed by atoms with Gasteiger partial charge in [0.05, 0.1) is 17.7 Å². The lowest BCUT2D eigenvalue weighted by atomic mass is 10.1. The normalized spacial score (nSPS) is 14.8. The summed E-state index contributed by atoms with van der Waals surface area (Å²) in [5.41, 5.74) is 2.68. The van der Waals surface area contributed by atoms with Gasteiger partial charge in [0.25, 0.3) is 5.78 Å². The van der Waals surface area contributed by atoms with Crippen molar-refractivity contribution in [3.05, 3.63) is 42.5 Å². The van der Waals surface area contributed by atoms with Crippen LogP contribution in [0.2, 0.25) is 0 Å². The molecular formula is C19H19N7O. The molecule has 5 rings (SSSR count). The molecule has 27 heavy (non-hydrogen) atoms. The van der Waals surface area contributed by atoms with Crippen molar-refractivity contribution in [1.82, 2.24) is 29.5 Å².